The Morgan fingerprint density at radius 3 is 2.67 bits per heavy atom. The molecule has 0 aliphatic carbocycles. The molecule has 0 amide bonds. The van der Waals surface area contributed by atoms with Crippen molar-refractivity contribution in [2.75, 3.05) is 0 Å². The first-order chi connectivity index (χ1) is 14.6. The highest BCUT2D eigenvalue weighted by atomic mass is 16.5. The molecule has 5 rings (SSSR count). The highest BCUT2D eigenvalue weighted by Gasteiger charge is 2.13. The van der Waals surface area contributed by atoms with E-state index in [9.17, 15) is 0 Å². The molecule has 0 atom stereocenters. The lowest BCUT2D eigenvalue weighted by Crippen LogP contribution is -1.96. The number of hydrogen-bond donors (Lipinski definition) is 0. The zero-order valence-electron chi connectivity index (χ0n) is 17.1. The normalized spacial score (nSPS) is 11.6. The van der Waals surface area contributed by atoms with Crippen molar-refractivity contribution in [2.24, 2.45) is 7.05 Å². The summed E-state index contributed by atoms with van der Waals surface area (Å²) >= 11 is 0. The highest BCUT2D eigenvalue weighted by molar-refractivity contribution is 5.89. The van der Waals surface area contributed by atoms with Gasteiger partial charge in [-0.2, -0.15) is 5.10 Å². The van der Waals surface area contributed by atoms with Crippen LogP contribution in [0.1, 0.15) is 30.9 Å². The second-order valence-corrected chi connectivity index (χ2v) is 7.67. The minimum Gasteiger partial charge on any atom is -0.489 e. The van der Waals surface area contributed by atoms with Crippen LogP contribution in [0, 0.1) is 0 Å². The van der Waals surface area contributed by atoms with Gasteiger partial charge in [-0.3, -0.25) is 4.68 Å². The van der Waals surface area contributed by atoms with Crippen molar-refractivity contribution in [3.8, 4) is 17.1 Å². The highest BCUT2D eigenvalue weighted by Crippen LogP contribution is 2.23. The van der Waals surface area contributed by atoms with E-state index in [0.717, 1.165) is 33.6 Å². The molecular weight excluding hydrogens is 376 g/mol. The van der Waals surface area contributed by atoms with Gasteiger partial charge < -0.3 is 4.74 Å². The molecule has 0 aliphatic rings. The van der Waals surface area contributed by atoms with Crippen LogP contribution in [-0.2, 0) is 13.7 Å². The average molecular weight is 398 g/mol. The van der Waals surface area contributed by atoms with E-state index < -0.39 is 0 Å². The SMILES string of the molecule is CC(C)c1ccc(OCc2cccc(-c3nc4c5cnn(C)c5ncn4n3)c2)cc1. The zero-order valence-corrected chi connectivity index (χ0v) is 17.1. The Hall–Kier alpha value is -3.74. The molecule has 0 radical (unpaired) electrons. The van der Waals surface area contributed by atoms with Crippen molar-refractivity contribution in [3.05, 3.63) is 72.2 Å². The minimum atomic E-state index is 0.483. The first-order valence-corrected chi connectivity index (χ1v) is 9.93. The maximum Gasteiger partial charge on any atom is 0.182 e. The van der Waals surface area contributed by atoms with E-state index in [0.29, 0.717) is 18.3 Å². The number of aryl methyl sites for hydroxylation is 1. The molecule has 0 fully saturated rings. The van der Waals surface area contributed by atoms with Crippen LogP contribution in [0.3, 0.4) is 0 Å². The van der Waals surface area contributed by atoms with Gasteiger partial charge in [-0.1, -0.05) is 44.2 Å². The van der Waals surface area contributed by atoms with Gasteiger partial charge in [0, 0.05) is 12.6 Å². The Morgan fingerprint density at radius 1 is 1.03 bits per heavy atom. The number of fused-ring (bicyclic) bond motifs is 3. The number of ether oxygens (including phenoxy) is 1. The van der Waals surface area contributed by atoms with E-state index in [1.807, 2.05) is 37.4 Å². The van der Waals surface area contributed by atoms with Gasteiger partial charge in [0.2, 0.25) is 0 Å². The van der Waals surface area contributed by atoms with E-state index in [2.05, 4.69) is 47.2 Å². The molecule has 0 saturated carbocycles. The lowest BCUT2D eigenvalue weighted by Gasteiger charge is -2.09. The fourth-order valence-corrected chi connectivity index (χ4v) is 3.48. The minimum absolute atomic E-state index is 0.483. The summed E-state index contributed by atoms with van der Waals surface area (Å²) < 4.78 is 9.39. The molecule has 7 nitrogen and oxygen atoms in total. The van der Waals surface area contributed by atoms with Crippen LogP contribution >= 0.6 is 0 Å². The summed E-state index contributed by atoms with van der Waals surface area (Å²) in [4.78, 5) is 9.14. The molecule has 0 N–H and O–H groups in total. The van der Waals surface area contributed by atoms with Crippen LogP contribution in [0.4, 0.5) is 0 Å². The fourth-order valence-electron chi connectivity index (χ4n) is 3.48. The maximum atomic E-state index is 5.97. The Balaban J connectivity index is 1.40. The first kappa shape index (κ1) is 18.3. The Kier molecular flexibility index (Phi) is 4.43. The van der Waals surface area contributed by atoms with Crippen LogP contribution in [0.5, 0.6) is 5.75 Å². The van der Waals surface area contributed by atoms with Gasteiger partial charge in [-0.15, -0.1) is 5.10 Å². The third-order valence-electron chi connectivity index (χ3n) is 5.21. The quantitative estimate of drug-likeness (QED) is 0.439. The zero-order chi connectivity index (χ0) is 20.7. The van der Waals surface area contributed by atoms with Crippen molar-refractivity contribution in [3.63, 3.8) is 0 Å². The molecule has 2 aromatic carbocycles. The van der Waals surface area contributed by atoms with Gasteiger partial charge in [0.25, 0.3) is 0 Å². The molecule has 0 unspecified atom stereocenters. The summed E-state index contributed by atoms with van der Waals surface area (Å²) in [6.07, 6.45) is 3.44. The van der Waals surface area contributed by atoms with Gasteiger partial charge in [0.15, 0.2) is 17.1 Å². The third kappa shape index (κ3) is 3.28. The predicted octanol–water partition coefficient (Wildman–Crippen LogP) is 4.38. The van der Waals surface area contributed by atoms with E-state index in [-0.39, 0.29) is 0 Å². The van der Waals surface area contributed by atoms with E-state index in [1.165, 1.54) is 5.56 Å². The summed E-state index contributed by atoms with van der Waals surface area (Å²) in [7, 11) is 1.86. The van der Waals surface area contributed by atoms with Crippen LogP contribution in [0.25, 0.3) is 28.1 Å². The van der Waals surface area contributed by atoms with Crippen molar-refractivity contribution >= 4 is 16.7 Å². The standard InChI is InChI=1S/C23H22N6O/c1-15(2)17-7-9-19(10-8-17)30-13-16-5-4-6-18(11-16)21-26-23-20-12-25-28(3)22(20)24-14-29(23)27-21/h4-12,14-15H,13H2,1-3H3. The smallest absolute Gasteiger partial charge is 0.182 e. The summed E-state index contributed by atoms with van der Waals surface area (Å²) in [5, 5.41) is 9.74. The lowest BCUT2D eigenvalue weighted by molar-refractivity contribution is 0.306. The lowest BCUT2D eigenvalue weighted by atomic mass is 10.0. The van der Waals surface area contributed by atoms with E-state index >= 15 is 0 Å². The van der Waals surface area contributed by atoms with E-state index in [4.69, 9.17) is 9.72 Å². The largest absolute Gasteiger partial charge is 0.489 e. The monoisotopic (exact) mass is 398 g/mol. The summed E-state index contributed by atoms with van der Waals surface area (Å²) in [5.41, 5.74) is 4.83. The van der Waals surface area contributed by atoms with Crippen molar-refractivity contribution in [2.45, 2.75) is 26.4 Å². The Morgan fingerprint density at radius 2 is 1.87 bits per heavy atom. The maximum absolute atomic E-state index is 5.97. The summed E-state index contributed by atoms with van der Waals surface area (Å²) in [6, 6.07) is 16.4. The molecule has 0 bridgehead atoms. The van der Waals surface area contributed by atoms with Crippen LogP contribution in [0.15, 0.2) is 61.1 Å². The molecular formula is C23H22N6O. The molecule has 0 saturated heterocycles. The van der Waals surface area contributed by atoms with Gasteiger partial charge >= 0.3 is 0 Å². The Labute approximate surface area is 174 Å². The second-order valence-electron chi connectivity index (χ2n) is 7.67. The number of aromatic nitrogens is 6. The number of nitrogens with zero attached hydrogens (tertiary/aromatic N) is 6. The Bertz CT molecular complexity index is 1330. The molecule has 5 aromatic rings. The molecule has 0 spiro atoms. The number of rotatable bonds is 5. The number of hydrogen-bond acceptors (Lipinski definition) is 5. The average Bonchev–Trinajstić information content (AvgIpc) is 3.36. The molecule has 3 heterocycles. The van der Waals surface area contributed by atoms with Gasteiger partial charge in [0.05, 0.1) is 11.6 Å². The number of benzene rings is 2. The van der Waals surface area contributed by atoms with Crippen molar-refractivity contribution in [1.29, 1.82) is 0 Å². The van der Waals surface area contributed by atoms with E-state index in [1.54, 1.807) is 21.7 Å². The molecule has 7 heteroatoms. The topological polar surface area (TPSA) is 70.1 Å². The fraction of sp³-hybridized carbons (Fsp3) is 0.217. The van der Waals surface area contributed by atoms with Gasteiger partial charge in [-0.25, -0.2) is 14.5 Å². The van der Waals surface area contributed by atoms with Crippen molar-refractivity contribution < 1.29 is 4.74 Å². The van der Waals surface area contributed by atoms with Crippen molar-refractivity contribution in [1.82, 2.24) is 29.4 Å². The van der Waals surface area contributed by atoms with Gasteiger partial charge in [-0.05, 0) is 35.2 Å². The predicted molar refractivity (Wildman–Crippen MR) is 115 cm³/mol. The summed E-state index contributed by atoms with van der Waals surface area (Å²) in [6.45, 7) is 4.85. The van der Waals surface area contributed by atoms with Crippen LogP contribution in [0.2, 0.25) is 0 Å². The molecule has 3 aromatic heterocycles. The first-order valence-electron chi connectivity index (χ1n) is 9.93. The molecule has 30 heavy (non-hydrogen) atoms. The van der Waals surface area contributed by atoms with Crippen LogP contribution in [-0.4, -0.2) is 29.4 Å². The van der Waals surface area contributed by atoms with Crippen LogP contribution < -0.4 is 4.74 Å². The van der Waals surface area contributed by atoms with Gasteiger partial charge in [0.1, 0.15) is 18.7 Å². The summed E-state index contributed by atoms with van der Waals surface area (Å²) in [5.74, 6) is 2.02. The third-order valence-corrected chi connectivity index (χ3v) is 5.21. The second kappa shape index (κ2) is 7.26. The molecule has 150 valence electrons. The molecule has 0 aliphatic heterocycles.